The molecule has 2 rings (SSSR count). The van der Waals surface area contributed by atoms with E-state index in [1.54, 1.807) is 4.90 Å². The molecule has 0 saturated carbocycles. The number of nitrogen functional groups attached to an aromatic ring is 1. The van der Waals surface area contributed by atoms with Crippen LogP contribution in [0.4, 0.5) is 10.6 Å². The number of anilines is 1. The summed E-state index contributed by atoms with van der Waals surface area (Å²) in [4.78, 5) is 33.5. The Morgan fingerprint density at radius 2 is 1.96 bits per heavy atom. The van der Waals surface area contributed by atoms with Crippen LogP contribution >= 0.6 is 11.6 Å². The second-order valence-electron chi connectivity index (χ2n) is 6.64. The van der Waals surface area contributed by atoms with Gasteiger partial charge in [0, 0.05) is 19.1 Å². The van der Waals surface area contributed by atoms with Crippen LogP contribution < -0.4 is 11.1 Å². The van der Waals surface area contributed by atoms with Crippen LogP contribution in [0, 0.1) is 0 Å². The van der Waals surface area contributed by atoms with Crippen molar-refractivity contribution in [1.29, 1.82) is 0 Å². The highest BCUT2D eigenvalue weighted by Crippen LogP contribution is 2.20. The average molecular weight is 356 g/mol. The maximum atomic E-state index is 12.2. The van der Waals surface area contributed by atoms with Gasteiger partial charge in [-0.3, -0.25) is 4.79 Å². The molecule has 24 heavy (non-hydrogen) atoms. The highest BCUT2D eigenvalue weighted by atomic mass is 35.5. The van der Waals surface area contributed by atoms with Crippen molar-refractivity contribution in [1.82, 2.24) is 20.2 Å². The van der Waals surface area contributed by atoms with Gasteiger partial charge in [0.15, 0.2) is 5.69 Å². The van der Waals surface area contributed by atoms with Crippen molar-refractivity contribution in [2.75, 3.05) is 18.8 Å². The van der Waals surface area contributed by atoms with Crippen LogP contribution in [-0.2, 0) is 4.74 Å². The van der Waals surface area contributed by atoms with Crippen LogP contribution in [-0.4, -0.2) is 51.6 Å². The van der Waals surface area contributed by atoms with E-state index < -0.39 is 11.5 Å². The Labute approximate surface area is 145 Å². The first kappa shape index (κ1) is 18.3. The zero-order valence-corrected chi connectivity index (χ0v) is 14.8. The predicted molar refractivity (Wildman–Crippen MR) is 89.7 cm³/mol. The van der Waals surface area contributed by atoms with E-state index in [1.165, 1.54) is 6.33 Å². The van der Waals surface area contributed by atoms with Crippen molar-refractivity contribution in [3.8, 4) is 0 Å². The molecular formula is C15H22ClN5O3. The fraction of sp³-hybridized carbons (Fsp3) is 0.600. The van der Waals surface area contributed by atoms with E-state index in [-0.39, 0.29) is 28.7 Å². The molecule has 0 radical (unpaired) electrons. The Morgan fingerprint density at radius 1 is 1.33 bits per heavy atom. The molecule has 8 nitrogen and oxygen atoms in total. The number of carbonyl (C=O) groups is 2. The molecule has 0 aliphatic carbocycles. The summed E-state index contributed by atoms with van der Waals surface area (Å²) in [5.41, 5.74) is 5.10. The third-order valence-corrected chi connectivity index (χ3v) is 3.89. The molecule has 0 unspecified atom stereocenters. The lowest BCUT2D eigenvalue weighted by atomic mass is 10.1. The molecule has 0 atom stereocenters. The van der Waals surface area contributed by atoms with Crippen molar-refractivity contribution in [3.63, 3.8) is 0 Å². The summed E-state index contributed by atoms with van der Waals surface area (Å²) in [5.74, 6) is -0.332. The van der Waals surface area contributed by atoms with Crippen molar-refractivity contribution in [2.24, 2.45) is 0 Å². The number of hydrogen-bond acceptors (Lipinski definition) is 6. The van der Waals surface area contributed by atoms with E-state index in [4.69, 9.17) is 22.1 Å². The molecule has 1 aromatic rings. The normalized spacial score (nSPS) is 15.9. The van der Waals surface area contributed by atoms with E-state index in [0.29, 0.717) is 25.9 Å². The second kappa shape index (κ2) is 7.21. The topological polar surface area (TPSA) is 110 Å². The first-order valence-corrected chi connectivity index (χ1v) is 8.10. The largest absolute Gasteiger partial charge is 0.444 e. The smallest absolute Gasteiger partial charge is 0.410 e. The maximum absolute atomic E-state index is 12.2. The number of nitrogens with zero attached hydrogens (tertiary/aromatic N) is 3. The van der Waals surface area contributed by atoms with Gasteiger partial charge in [-0.05, 0) is 33.6 Å². The van der Waals surface area contributed by atoms with E-state index in [1.807, 2.05) is 20.8 Å². The van der Waals surface area contributed by atoms with Gasteiger partial charge >= 0.3 is 6.09 Å². The van der Waals surface area contributed by atoms with Crippen molar-refractivity contribution >= 4 is 29.4 Å². The van der Waals surface area contributed by atoms with E-state index in [2.05, 4.69) is 15.3 Å². The number of rotatable bonds is 2. The molecule has 3 N–H and O–H groups in total. The van der Waals surface area contributed by atoms with Crippen molar-refractivity contribution in [3.05, 3.63) is 17.0 Å². The number of amides is 2. The molecule has 0 aromatic carbocycles. The fourth-order valence-electron chi connectivity index (χ4n) is 2.33. The molecule has 132 valence electrons. The number of ether oxygens (including phenoxy) is 1. The Hall–Kier alpha value is -2.09. The van der Waals surface area contributed by atoms with Crippen LogP contribution in [0.1, 0.15) is 44.1 Å². The Bertz CT molecular complexity index is 624. The lowest BCUT2D eigenvalue weighted by molar-refractivity contribution is 0.0199. The van der Waals surface area contributed by atoms with Gasteiger partial charge < -0.3 is 20.7 Å². The summed E-state index contributed by atoms with van der Waals surface area (Å²) in [6.07, 6.45) is 2.12. The molecule has 0 spiro atoms. The molecule has 1 fully saturated rings. The Balaban J connectivity index is 1.88. The summed E-state index contributed by atoms with van der Waals surface area (Å²) in [6, 6.07) is -0.0663. The van der Waals surface area contributed by atoms with Gasteiger partial charge in [-0.1, -0.05) is 11.6 Å². The fourth-order valence-corrected chi connectivity index (χ4v) is 2.51. The molecule has 2 heterocycles. The molecule has 1 aromatic heterocycles. The first-order valence-electron chi connectivity index (χ1n) is 7.72. The first-order chi connectivity index (χ1) is 11.2. The number of likely N-dealkylation sites (tertiary alicyclic amines) is 1. The van der Waals surface area contributed by atoms with Crippen LogP contribution in [0.3, 0.4) is 0 Å². The number of aromatic nitrogens is 2. The number of hydrogen-bond donors (Lipinski definition) is 2. The zero-order valence-electron chi connectivity index (χ0n) is 14.0. The monoisotopic (exact) mass is 355 g/mol. The SMILES string of the molecule is CC(C)(C)OC(=O)N1CCC(NC(=O)c2ncnc(N)c2Cl)CC1. The van der Waals surface area contributed by atoms with Crippen LogP contribution in [0.25, 0.3) is 0 Å². The minimum absolute atomic E-state index is 0.0428. The summed E-state index contributed by atoms with van der Waals surface area (Å²) in [5, 5.41) is 2.91. The number of nitrogens with one attached hydrogen (secondary N) is 1. The van der Waals surface area contributed by atoms with Crippen molar-refractivity contribution < 1.29 is 14.3 Å². The molecule has 1 aliphatic rings. The van der Waals surface area contributed by atoms with Gasteiger partial charge in [0.2, 0.25) is 0 Å². The molecule has 1 aliphatic heterocycles. The summed E-state index contributed by atoms with van der Waals surface area (Å²) >= 11 is 5.95. The second-order valence-corrected chi connectivity index (χ2v) is 7.01. The minimum Gasteiger partial charge on any atom is -0.444 e. The molecule has 9 heteroatoms. The summed E-state index contributed by atoms with van der Waals surface area (Å²) in [7, 11) is 0. The van der Waals surface area contributed by atoms with Gasteiger partial charge in [0.25, 0.3) is 5.91 Å². The lowest BCUT2D eigenvalue weighted by Gasteiger charge is -2.33. The highest BCUT2D eigenvalue weighted by molar-refractivity contribution is 6.35. The average Bonchev–Trinajstić information content (AvgIpc) is 2.49. The van der Waals surface area contributed by atoms with Gasteiger partial charge in [0.05, 0.1) is 0 Å². The third kappa shape index (κ3) is 4.70. The summed E-state index contributed by atoms with van der Waals surface area (Å²) < 4.78 is 5.34. The van der Waals surface area contributed by atoms with Crippen LogP contribution in [0.15, 0.2) is 6.33 Å². The van der Waals surface area contributed by atoms with E-state index in [0.717, 1.165) is 0 Å². The quantitative estimate of drug-likeness (QED) is 0.837. The Morgan fingerprint density at radius 3 is 2.54 bits per heavy atom. The van der Waals surface area contributed by atoms with Gasteiger partial charge in [-0.15, -0.1) is 0 Å². The number of carbonyl (C=O) groups excluding carboxylic acids is 2. The molecule has 2 amide bonds. The number of halogens is 1. The zero-order chi connectivity index (χ0) is 17.9. The Kier molecular flexibility index (Phi) is 5.48. The number of nitrogens with two attached hydrogens (primary N) is 1. The predicted octanol–water partition coefficient (Wildman–Crippen LogP) is 1.84. The number of piperidine rings is 1. The van der Waals surface area contributed by atoms with E-state index in [9.17, 15) is 9.59 Å². The van der Waals surface area contributed by atoms with Crippen LogP contribution in [0.2, 0.25) is 5.02 Å². The maximum Gasteiger partial charge on any atom is 0.410 e. The third-order valence-electron chi connectivity index (χ3n) is 3.51. The summed E-state index contributed by atoms with van der Waals surface area (Å²) in [6.45, 7) is 6.51. The van der Waals surface area contributed by atoms with Gasteiger partial charge in [-0.2, -0.15) is 0 Å². The van der Waals surface area contributed by atoms with Crippen molar-refractivity contribution in [2.45, 2.75) is 45.3 Å². The minimum atomic E-state index is -0.522. The standard InChI is InChI=1S/C15H22ClN5O3/c1-15(2,3)24-14(23)21-6-4-9(5-7-21)20-13(22)11-10(16)12(17)19-8-18-11/h8-9H,4-7H2,1-3H3,(H,20,22)(H2,17,18,19). The van der Waals surface area contributed by atoms with Crippen LogP contribution in [0.5, 0.6) is 0 Å². The van der Waals surface area contributed by atoms with Gasteiger partial charge in [0.1, 0.15) is 22.8 Å². The van der Waals surface area contributed by atoms with E-state index >= 15 is 0 Å². The molecule has 0 bridgehead atoms. The lowest BCUT2D eigenvalue weighted by Crippen LogP contribution is -2.48. The molecule has 1 saturated heterocycles. The highest BCUT2D eigenvalue weighted by Gasteiger charge is 2.28. The van der Waals surface area contributed by atoms with Gasteiger partial charge in [-0.25, -0.2) is 14.8 Å². The molecular weight excluding hydrogens is 334 g/mol.